The number of nitrogens with one attached hydrogen (secondary N) is 1. The summed E-state index contributed by atoms with van der Waals surface area (Å²) in [6.45, 7) is 3.65. The van der Waals surface area contributed by atoms with E-state index in [0.717, 1.165) is 8.66 Å². The molecule has 8 heteroatoms. The van der Waals surface area contributed by atoms with Crippen molar-refractivity contribution in [3.8, 4) is 0 Å². The summed E-state index contributed by atoms with van der Waals surface area (Å²) in [6, 6.07) is 3.92. The number of anilines is 1. The smallest absolute Gasteiger partial charge is 0.233 e. The lowest BCUT2D eigenvalue weighted by atomic mass is 10.2. The van der Waals surface area contributed by atoms with Crippen LogP contribution in [0.15, 0.2) is 20.9 Å². The minimum atomic E-state index is -0.0840. The maximum absolute atomic E-state index is 11.5. The van der Waals surface area contributed by atoms with Crippen LogP contribution < -0.4 is 5.32 Å². The maximum Gasteiger partial charge on any atom is 0.233 e. The van der Waals surface area contributed by atoms with E-state index >= 15 is 0 Å². The third kappa shape index (κ3) is 4.19. The second-order valence-corrected chi connectivity index (χ2v) is 7.38. The average molecular weight is 359 g/mol. The summed E-state index contributed by atoms with van der Waals surface area (Å²) in [6.07, 6.45) is 1.73. The maximum atomic E-state index is 11.5. The van der Waals surface area contributed by atoms with Crippen molar-refractivity contribution >= 4 is 61.0 Å². The normalized spacial score (nSPS) is 11.4. The van der Waals surface area contributed by atoms with Crippen LogP contribution in [0.4, 0.5) is 10.3 Å². The van der Waals surface area contributed by atoms with Crippen molar-refractivity contribution in [3.63, 3.8) is 0 Å². The van der Waals surface area contributed by atoms with E-state index in [9.17, 15) is 4.79 Å². The second-order valence-electron chi connectivity index (χ2n) is 3.93. The Morgan fingerprint density at radius 2 is 2.21 bits per heavy atom. The summed E-state index contributed by atoms with van der Waals surface area (Å²) in [5.41, 5.74) is 0. The summed E-state index contributed by atoms with van der Waals surface area (Å²) in [4.78, 5) is 16.7. The number of halogens is 1. The fourth-order valence-electron chi connectivity index (χ4n) is 1.08. The largest absolute Gasteiger partial charge is 0.300 e. The van der Waals surface area contributed by atoms with Crippen molar-refractivity contribution in [2.45, 2.75) is 13.8 Å². The molecule has 0 radical (unpaired) electrons. The molecule has 0 aliphatic rings. The van der Waals surface area contributed by atoms with Crippen LogP contribution in [-0.2, 0) is 4.79 Å². The number of aliphatic imine (C=N–C) groups is 1. The van der Waals surface area contributed by atoms with E-state index in [1.165, 1.54) is 11.3 Å². The van der Waals surface area contributed by atoms with Crippen LogP contribution in [0.25, 0.3) is 0 Å². The molecule has 2 rings (SSSR count). The third-order valence-electron chi connectivity index (χ3n) is 2.07. The van der Waals surface area contributed by atoms with Crippen molar-refractivity contribution in [1.82, 2.24) is 10.2 Å². The molecule has 0 saturated heterocycles. The molecule has 2 heterocycles. The lowest BCUT2D eigenvalue weighted by molar-refractivity contribution is -0.118. The highest BCUT2D eigenvalue weighted by Crippen LogP contribution is 2.25. The van der Waals surface area contributed by atoms with Gasteiger partial charge in [0.1, 0.15) is 0 Å². The summed E-state index contributed by atoms with van der Waals surface area (Å²) in [7, 11) is 0. The standard InChI is InChI=1S/C11H11BrN4OS2/c1-6(2)9(17)14-11-16-15-10(19-11)13-5-7-3-4-8(12)18-7/h3-6H,1-2H3,(H,14,16,17)/b13-5+. The number of rotatable bonds is 4. The van der Waals surface area contributed by atoms with Gasteiger partial charge in [0.05, 0.1) is 3.79 Å². The van der Waals surface area contributed by atoms with Gasteiger partial charge in [0, 0.05) is 17.0 Å². The molecule has 0 aliphatic heterocycles. The van der Waals surface area contributed by atoms with Crippen LogP contribution in [-0.4, -0.2) is 22.3 Å². The highest BCUT2D eigenvalue weighted by Gasteiger charge is 2.10. The molecule has 100 valence electrons. The van der Waals surface area contributed by atoms with Gasteiger partial charge < -0.3 is 5.32 Å². The summed E-state index contributed by atoms with van der Waals surface area (Å²) in [5, 5.41) is 11.5. The third-order valence-corrected chi connectivity index (χ3v) is 4.37. The first-order chi connectivity index (χ1) is 9.04. The Bertz CT molecular complexity index is 605. The van der Waals surface area contributed by atoms with Gasteiger partial charge in [-0.05, 0) is 28.1 Å². The molecule has 2 aromatic rings. The molecular formula is C11H11BrN4OS2. The lowest BCUT2D eigenvalue weighted by Gasteiger charge is -2.01. The van der Waals surface area contributed by atoms with Gasteiger partial charge >= 0.3 is 0 Å². The molecule has 0 spiro atoms. The van der Waals surface area contributed by atoms with Crippen LogP contribution in [0.3, 0.4) is 0 Å². The van der Waals surface area contributed by atoms with Gasteiger partial charge in [-0.1, -0.05) is 25.2 Å². The number of carbonyl (C=O) groups excluding carboxylic acids is 1. The molecule has 0 atom stereocenters. The Balaban J connectivity index is 2.01. The van der Waals surface area contributed by atoms with Gasteiger partial charge in [-0.3, -0.25) is 4.79 Å². The topological polar surface area (TPSA) is 67.2 Å². The van der Waals surface area contributed by atoms with Crippen LogP contribution in [0.1, 0.15) is 18.7 Å². The van der Waals surface area contributed by atoms with E-state index in [2.05, 4.69) is 36.4 Å². The second kappa shape index (κ2) is 6.36. The Hall–Kier alpha value is -1.12. The fourth-order valence-corrected chi connectivity index (χ4v) is 2.97. The van der Waals surface area contributed by atoms with Gasteiger partial charge in [-0.25, -0.2) is 4.99 Å². The monoisotopic (exact) mass is 358 g/mol. The molecule has 5 nitrogen and oxygen atoms in total. The Kier molecular flexibility index (Phi) is 4.78. The van der Waals surface area contributed by atoms with E-state index in [1.54, 1.807) is 17.6 Å². The fraction of sp³-hybridized carbons (Fsp3) is 0.273. The predicted octanol–water partition coefficient (Wildman–Crippen LogP) is 3.71. The molecule has 0 fully saturated rings. The quantitative estimate of drug-likeness (QED) is 0.847. The summed E-state index contributed by atoms with van der Waals surface area (Å²) >= 11 is 6.22. The van der Waals surface area contributed by atoms with Crippen molar-refractivity contribution in [2.75, 3.05) is 5.32 Å². The molecule has 0 aromatic carbocycles. The van der Waals surface area contributed by atoms with Crippen LogP contribution in [0.5, 0.6) is 0 Å². The molecule has 19 heavy (non-hydrogen) atoms. The highest BCUT2D eigenvalue weighted by molar-refractivity contribution is 9.11. The molecule has 2 aromatic heterocycles. The van der Waals surface area contributed by atoms with Crippen molar-refractivity contribution in [1.29, 1.82) is 0 Å². The summed E-state index contributed by atoms with van der Waals surface area (Å²) < 4.78 is 1.05. The lowest BCUT2D eigenvalue weighted by Crippen LogP contribution is -2.17. The molecule has 0 aliphatic carbocycles. The predicted molar refractivity (Wildman–Crippen MR) is 82.6 cm³/mol. The molecular weight excluding hydrogens is 348 g/mol. The van der Waals surface area contributed by atoms with E-state index in [1.807, 2.05) is 26.0 Å². The van der Waals surface area contributed by atoms with E-state index < -0.39 is 0 Å². The number of carbonyl (C=O) groups is 1. The zero-order chi connectivity index (χ0) is 13.8. The van der Waals surface area contributed by atoms with Crippen molar-refractivity contribution in [2.24, 2.45) is 10.9 Å². The van der Waals surface area contributed by atoms with Crippen molar-refractivity contribution in [3.05, 3.63) is 20.8 Å². The van der Waals surface area contributed by atoms with E-state index in [-0.39, 0.29) is 11.8 Å². The molecule has 0 bridgehead atoms. The van der Waals surface area contributed by atoms with Gasteiger partial charge in [-0.15, -0.1) is 21.5 Å². The SMILES string of the molecule is CC(C)C(=O)Nc1nnc(/N=C/c2ccc(Br)s2)s1. The minimum Gasteiger partial charge on any atom is -0.300 e. The number of nitrogens with zero attached hydrogens (tertiary/aromatic N) is 3. The highest BCUT2D eigenvalue weighted by atomic mass is 79.9. The van der Waals surface area contributed by atoms with Crippen LogP contribution in [0.2, 0.25) is 0 Å². The molecule has 1 N–H and O–H groups in total. The van der Waals surface area contributed by atoms with E-state index in [4.69, 9.17) is 0 Å². The van der Waals surface area contributed by atoms with Crippen LogP contribution >= 0.6 is 38.6 Å². The Labute approximate surface area is 126 Å². The number of hydrogen-bond donors (Lipinski definition) is 1. The van der Waals surface area contributed by atoms with Gasteiger partial charge in [0.25, 0.3) is 0 Å². The van der Waals surface area contributed by atoms with Crippen LogP contribution in [0, 0.1) is 5.92 Å². The van der Waals surface area contributed by atoms with Gasteiger partial charge in [-0.2, -0.15) is 0 Å². The molecule has 1 amide bonds. The van der Waals surface area contributed by atoms with Gasteiger partial charge in [0.15, 0.2) is 0 Å². The zero-order valence-electron chi connectivity index (χ0n) is 10.3. The molecule has 0 unspecified atom stereocenters. The Morgan fingerprint density at radius 3 is 2.84 bits per heavy atom. The number of hydrogen-bond acceptors (Lipinski definition) is 6. The minimum absolute atomic E-state index is 0.0751. The number of aromatic nitrogens is 2. The zero-order valence-corrected chi connectivity index (χ0v) is 13.5. The number of thiophene rings is 1. The first-order valence-corrected chi connectivity index (χ1v) is 7.91. The van der Waals surface area contributed by atoms with E-state index in [0.29, 0.717) is 10.3 Å². The first kappa shape index (κ1) is 14.3. The van der Waals surface area contributed by atoms with Gasteiger partial charge in [0.2, 0.25) is 16.2 Å². The summed E-state index contributed by atoms with van der Waals surface area (Å²) in [5.74, 6) is -0.159. The Morgan fingerprint density at radius 1 is 1.42 bits per heavy atom. The van der Waals surface area contributed by atoms with Crippen molar-refractivity contribution < 1.29 is 4.79 Å². The molecule has 0 saturated carbocycles. The average Bonchev–Trinajstić information content (AvgIpc) is 2.95. The number of amides is 1. The first-order valence-electron chi connectivity index (χ1n) is 5.48.